The number of nitrogen functional groups attached to an aromatic ring is 1. The third-order valence-corrected chi connectivity index (χ3v) is 1.72. The normalized spacial score (nSPS) is 7.54. The van der Waals surface area contributed by atoms with Crippen molar-refractivity contribution in [2.75, 3.05) is 5.73 Å². The first-order valence-electron chi connectivity index (χ1n) is 4.72. The maximum absolute atomic E-state index is 5.73. The van der Waals surface area contributed by atoms with Gasteiger partial charge < -0.3 is 5.73 Å². The summed E-state index contributed by atoms with van der Waals surface area (Å²) in [6.07, 6.45) is 0. The molecule has 0 aliphatic heterocycles. The van der Waals surface area contributed by atoms with Crippen molar-refractivity contribution in [2.45, 2.75) is 34.6 Å². The van der Waals surface area contributed by atoms with Crippen LogP contribution >= 0.6 is 11.6 Å². The van der Waals surface area contributed by atoms with Gasteiger partial charge >= 0.3 is 0 Å². The maximum Gasteiger partial charge on any atom is 0.0455 e. The van der Waals surface area contributed by atoms with E-state index in [9.17, 15) is 0 Å². The number of rotatable bonds is 0. The van der Waals surface area contributed by atoms with E-state index >= 15 is 0 Å². The molecule has 0 radical (unpaired) electrons. The highest BCUT2D eigenvalue weighted by Crippen LogP contribution is 2.19. The molecule has 0 heterocycles. The third kappa shape index (κ3) is 5.53. The molecule has 0 aliphatic rings. The van der Waals surface area contributed by atoms with Crippen molar-refractivity contribution in [1.29, 1.82) is 0 Å². The topological polar surface area (TPSA) is 26.0 Å². The number of hydrogen-bond acceptors (Lipinski definition) is 1. The van der Waals surface area contributed by atoms with Crippen LogP contribution in [0.2, 0.25) is 5.02 Å². The predicted octanol–water partition coefficient (Wildman–Crippen LogP) is 4.28. The fourth-order valence-electron chi connectivity index (χ4n) is 0.624. The average Bonchev–Trinajstić information content (AvgIpc) is 2.20. The minimum atomic E-state index is 0.731. The van der Waals surface area contributed by atoms with E-state index in [2.05, 4.69) is 0 Å². The highest BCUT2D eigenvalue weighted by atomic mass is 35.5. The minimum Gasteiger partial charge on any atom is -0.398 e. The lowest BCUT2D eigenvalue weighted by Crippen LogP contribution is -1.87. The van der Waals surface area contributed by atoms with E-state index in [-0.39, 0.29) is 0 Å². The summed E-state index contributed by atoms with van der Waals surface area (Å²) >= 11 is 5.73. The van der Waals surface area contributed by atoms with E-state index in [0.29, 0.717) is 0 Å². The summed E-state index contributed by atoms with van der Waals surface area (Å²) < 4.78 is 0. The molecule has 2 heteroatoms. The maximum atomic E-state index is 5.73. The Bertz CT molecular complexity index is 201. The number of halogens is 1. The first-order valence-corrected chi connectivity index (χ1v) is 5.10. The van der Waals surface area contributed by atoms with Gasteiger partial charge in [0.15, 0.2) is 0 Å². The zero-order valence-corrected chi connectivity index (χ0v) is 9.94. The van der Waals surface area contributed by atoms with Crippen LogP contribution in [0.5, 0.6) is 0 Å². The van der Waals surface area contributed by atoms with Crippen LogP contribution in [0.4, 0.5) is 5.69 Å². The van der Waals surface area contributed by atoms with Crippen molar-refractivity contribution in [1.82, 2.24) is 0 Å². The summed E-state index contributed by atoms with van der Waals surface area (Å²) in [5.41, 5.74) is 7.25. The number of nitrogens with two attached hydrogens (primary N) is 1. The number of benzene rings is 1. The molecule has 0 saturated heterocycles. The van der Waals surface area contributed by atoms with Gasteiger partial charge in [-0.1, -0.05) is 45.4 Å². The Morgan fingerprint density at radius 2 is 1.54 bits per heavy atom. The molecule has 1 nitrogen and oxygen atoms in total. The zero-order valence-electron chi connectivity index (χ0n) is 9.19. The molecule has 1 rings (SSSR count). The van der Waals surface area contributed by atoms with Gasteiger partial charge in [0, 0.05) is 10.7 Å². The van der Waals surface area contributed by atoms with Crippen LogP contribution in [0.1, 0.15) is 33.3 Å². The van der Waals surface area contributed by atoms with Crippen LogP contribution in [0.15, 0.2) is 18.2 Å². The molecule has 1 aromatic rings. The lowest BCUT2D eigenvalue weighted by atomic mass is 10.2. The Kier molecular flexibility index (Phi) is 10.7. The van der Waals surface area contributed by atoms with Gasteiger partial charge in [0.05, 0.1) is 0 Å². The molecule has 0 bridgehead atoms. The molecule has 0 aromatic heterocycles. The summed E-state index contributed by atoms with van der Waals surface area (Å²) in [5, 5.41) is 0.731. The van der Waals surface area contributed by atoms with Crippen molar-refractivity contribution in [2.24, 2.45) is 0 Å². The second-order valence-corrected chi connectivity index (χ2v) is 2.36. The van der Waals surface area contributed by atoms with Crippen LogP contribution in [-0.2, 0) is 0 Å². The first kappa shape index (κ1) is 14.8. The lowest BCUT2D eigenvalue weighted by Gasteiger charge is -1.98. The molecule has 0 unspecified atom stereocenters. The Morgan fingerprint density at radius 3 is 1.85 bits per heavy atom. The lowest BCUT2D eigenvalue weighted by molar-refractivity contribution is 1.47. The van der Waals surface area contributed by atoms with Crippen molar-refractivity contribution < 1.29 is 0 Å². The average molecular weight is 202 g/mol. The molecular formula is C11H20ClN. The molecule has 0 fully saturated rings. The van der Waals surface area contributed by atoms with E-state index < -0.39 is 0 Å². The van der Waals surface area contributed by atoms with Crippen molar-refractivity contribution in [3.05, 3.63) is 28.8 Å². The standard InChI is InChI=1S/C7H8ClN.2C2H6/c1-5-6(8)3-2-4-7(5)9;2*1-2/h2-4H,9H2,1H3;2*1-2H3. The molecule has 76 valence electrons. The van der Waals surface area contributed by atoms with Gasteiger partial charge in [-0.25, -0.2) is 0 Å². The monoisotopic (exact) mass is 201 g/mol. The fraction of sp³-hybridized carbons (Fsp3) is 0.455. The van der Waals surface area contributed by atoms with Crippen LogP contribution in [0.25, 0.3) is 0 Å². The van der Waals surface area contributed by atoms with Crippen LogP contribution in [-0.4, -0.2) is 0 Å². The molecule has 0 saturated carbocycles. The Balaban J connectivity index is 0. The molecule has 2 N–H and O–H groups in total. The molecular weight excluding hydrogens is 182 g/mol. The summed E-state index contributed by atoms with van der Waals surface area (Å²) in [4.78, 5) is 0. The van der Waals surface area contributed by atoms with Crippen LogP contribution in [0.3, 0.4) is 0 Å². The van der Waals surface area contributed by atoms with Crippen molar-refractivity contribution >= 4 is 17.3 Å². The molecule has 0 spiro atoms. The quantitative estimate of drug-likeness (QED) is 0.623. The second-order valence-electron chi connectivity index (χ2n) is 1.95. The van der Waals surface area contributed by atoms with Gasteiger partial charge in [-0.2, -0.15) is 0 Å². The smallest absolute Gasteiger partial charge is 0.0455 e. The molecule has 0 amide bonds. The van der Waals surface area contributed by atoms with E-state index in [1.807, 2.05) is 52.8 Å². The molecule has 13 heavy (non-hydrogen) atoms. The van der Waals surface area contributed by atoms with Gasteiger partial charge in [-0.3, -0.25) is 0 Å². The summed E-state index contributed by atoms with van der Waals surface area (Å²) in [5.74, 6) is 0. The van der Waals surface area contributed by atoms with Gasteiger partial charge in [0.1, 0.15) is 0 Å². The summed E-state index contributed by atoms with van der Waals surface area (Å²) in [6.45, 7) is 9.90. The first-order chi connectivity index (χ1) is 6.22. The van der Waals surface area contributed by atoms with Crippen LogP contribution < -0.4 is 5.73 Å². The minimum absolute atomic E-state index is 0.731. The van der Waals surface area contributed by atoms with Gasteiger partial charge in [-0.05, 0) is 24.6 Å². The number of anilines is 1. The molecule has 0 aliphatic carbocycles. The van der Waals surface area contributed by atoms with Crippen molar-refractivity contribution in [3.8, 4) is 0 Å². The largest absolute Gasteiger partial charge is 0.398 e. The zero-order chi connectivity index (χ0) is 10.9. The van der Waals surface area contributed by atoms with E-state index in [4.69, 9.17) is 17.3 Å². The predicted molar refractivity (Wildman–Crippen MR) is 63.3 cm³/mol. The highest BCUT2D eigenvalue weighted by molar-refractivity contribution is 6.31. The Hall–Kier alpha value is -0.690. The highest BCUT2D eigenvalue weighted by Gasteiger charge is 1.94. The van der Waals surface area contributed by atoms with Gasteiger partial charge in [0.25, 0.3) is 0 Å². The Labute approximate surface area is 86.9 Å². The van der Waals surface area contributed by atoms with Gasteiger partial charge in [0.2, 0.25) is 0 Å². The fourth-order valence-corrected chi connectivity index (χ4v) is 0.806. The van der Waals surface area contributed by atoms with Crippen molar-refractivity contribution in [3.63, 3.8) is 0 Å². The number of hydrogen-bond donors (Lipinski definition) is 1. The van der Waals surface area contributed by atoms with E-state index in [0.717, 1.165) is 16.3 Å². The summed E-state index contributed by atoms with van der Waals surface area (Å²) in [7, 11) is 0. The Morgan fingerprint density at radius 1 is 1.08 bits per heavy atom. The van der Waals surface area contributed by atoms with Gasteiger partial charge in [-0.15, -0.1) is 0 Å². The molecule has 0 atom stereocenters. The SMILES string of the molecule is CC.CC.Cc1c(N)cccc1Cl. The molecule has 1 aromatic carbocycles. The second kappa shape index (κ2) is 9.40. The summed E-state index contributed by atoms with van der Waals surface area (Å²) in [6, 6.07) is 5.50. The van der Waals surface area contributed by atoms with Crippen LogP contribution in [0, 0.1) is 6.92 Å². The van der Waals surface area contributed by atoms with E-state index in [1.165, 1.54) is 0 Å². The third-order valence-electron chi connectivity index (χ3n) is 1.31. The van der Waals surface area contributed by atoms with E-state index in [1.54, 1.807) is 0 Å².